The summed E-state index contributed by atoms with van der Waals surface area (Å²) in [6.45, 7) is 1.86. The number of benzene rings is 2. The minimum absolute atomic E-state index is 0.0911. The van der Waals surface area contributed by atoms with Gasteiger partial charge in [0.25, 0.3) is 11.6 Å². The molecule has 9 nitrogen and oxygen atoms in total. The number of aromatic hydroxyl groups is 1. The summed E-state index contributed by atoms with van der Waals surface area (Å²) in [7, 11) is 0. The number of aryl methyl sites for hydroxylation is 1. The molecule has 0 aliphatic heterocycles. The predicted octanol–water partition coefficient (Wildman–Crippen LogP) is 3.57. The topological polar surface area (TPSA) is 123 Å². The average Bonchev–Trinajstić information content (AvgIpc) is 3.13. The van der Waals surface area contributed by atoms with E-state index in [1.165, 1.54) is 12.1 Å². The molecule has 0 spiro atoms. The third kappa shape index (κ3) is 3.61. The Hall–Kier alpha value is -4.27. The Balaban J connectivity index is 1.67. The number of aromatic nitrogens is 3. The monoisotopic (exact) mass is 389 g/mol. The quantitative estimate of drug-likeness (QED) is 0.406. The van der Waals surface area contributed by atoms with E-state index in [1.54, 1.807) is 4.52 Å². The van der Waals surface area contributed by atoms with Crippen molar-refractivity contribution in [3.63, 3.8) is 0 Å². The van der Waals surface area contributed by atoms with Crippen LogP contribution in [0.5, 0.6) is 5.75 Å². The highest BCUT2D eigenvalue weighted by Gasteiger charge is 2.16. The summed E-state index contributed by atoms with van der Waals surface area (Å²) < 4.78 is 1.55. The summed E-state index contributed by atoms with van der Waals surface area (Å²) in [5.41, 5.74) is 2.84. The van der Waals surface area contributed by atoms with Crippen LogP contribution in [0, 0.1) is 17.0 Å². The first kappa shape index (κ1) is 18.1. The zero-order valence-corrected chi connectivity index (χ0v) is 15.2. The lowest BCUT2D eigenvalue weighted by atomic mass is 10.1. The van der Waals surface area contributed by atoms with Gasteiger partial charge in [0.15, 0.2) is 11.3 Å². The second kappa shape index (κ2) is 7.04. The second-order valence-electron chi connectivity index (χ2n) is 6.40. The Morgan fingerprint density at radius 2 is 1.90 bits per heavy atom. The van der Waals surface area contributed by atoms with Gasteiger partial charge in [-0.1, -0.05) is 30.3 Å². The maximum atomic E-state index is 12.6. The number of non-ortho nitro benzene ring substituents is 1. The summed E-state index contributed by atoms with van der Waals surface area (Å²) in [5.74, 6) is -0.898. The van der Waals surface area contributed by atoms with E-state index in [2.05, 4.69) is 15.4 Å². The Morgan fingerprint density at radius 1 is 1.14 bits per heavy atom. The molecule has 0 aliphatic carbocycles. The van der Waals surface area contributed by atoms with Crippen molar-refractivity contribution in [2.45, 2.75) is 6.92 Å². The van der Waals surface area contributed by atoms with E-state index in [0.717, 1.165) is 29.1 Å². The first-order chi connectivity index (χ1) is 13.9. The molecular formula is C20H15N5O4. The van der Waals surface area contributed by atoms with E-state index in [1.807, 2.05) is 43.3 Å². The van der Waals surface area contributed by atoms with Crippen molar-refractivity contribution < 1.29 is 14.8 Å². The number of rotatable bonds is 4. The first-order valence-corrected chi connectivity index (χ1v) is 8.63. The number of nitrogens with one attached hydrogen (secondary N) is 1. The molecule has 4 aromatic rings. The van der Waals surface area contributed by atoms with E-state index in [9.17, 15) is 20.0 Å². The molecule has 0 unspecified atom stereocenters. The van der Waals surface area contributed by atoms with E-state index < -0.39 is 10.8 Å². The average molecular weight is 389 g/mol. The van der Waals surface area contributed by atoms with E-state index in [-0.39, 0.29) is 22.8 Å². The normalized spacial score (nSPS) is 10.8. The van der Waals surface area contributed by atoms with Crippen molar-refractivity contribution >= 4 is 22.9 Å². The molecule has 2 N–H and O–H groups in total. The molecule has 9 heteroatoms. The van der Waals surface area contributed by atoms with Crippen LogP contribution < -0.4 is 5.32 Å². The minimum Gasteiger partial charge on any atom is -0.508 e. The maximum absolute atomic E-state index is 12.6. The lowest BCUT2D eigenvalue weighted by Crippen LogP contribution is -2.13. The van der Waals surface area contributed by atoms with Crippen LogP contribution in [0.4, 0.5) is 11.4 Å². The molecule has 2 heterocycles. The summed E-state index contributed by atoms with van der Waals surface area (Å²) in [4.78, 5) is 27.4. The number of nitro benzene ring substituents is 1. The van der Waals surface area contributed by atoms with Crippen LogP contribution >= 0.6 is 0 Å². The number of carbonyl (C=O) groups is 1. The van der Waals surface area contributed by atoms with Crippen LogP contribution in [0.3, 0.4) is 0 Å². The molecule has 144 valence electrons. The van der Waals surface area contributed by atoms with Crippen LogP contribution in [0.25, 0.3) is 16.9 Å². The summed E-state index contributed by atoms with van der Waals surface area (Å²) in [6, 6.07) is 16.4. The molecule has 29 heavy (non-hydrogen) atoms. The van der Waals surface area contributed by atoms with Gasteiger partial charge in [0.2, 0.25) is 0 Å². The molecule has 0 radical (unpaired) electrons. The van der Waals surface area contributed by atoms with Gasteiger partial charge in [0.05, 0.1) is 22.4 Å². The maximum Gasteiger partial charge on any atom is 0.276 e. The fraction of sp³-hybridized carbons (Fsp3) is 0.0500. The van der Waals surface area contributed by atoms with Crippen LogP contribution in [-0.4, -0.2) is 30.5 Å². The van der Waals surface area contributed by atoms with Crippen LogP contribution in [0.15, 0.2) is 60.7 Å². The van der Waals surface area contributed by atoms with E-state index in [4.69, 9.17) is 0 Å². The molecule has 0 saturated heterocycles. The van der Waals surface area contributed by atoms with Crippen molar-refractivity contribution in [2.75, 3.05) is 5.32 Å². The molecule has 4 rings (SSSR count). The summed E-state index contributed by atoms with van der Waals surface area (Å²) in [5, 5.41) is 27.3. The molecule has 2 aromatic carbocycles. The van der Waals surface area contributed by atoms with Crippen molar-refractivity contribution in [1.82, 2.24) is 14.6 Å². The third-order valence-electron chi connectivity index (χ3n) is 4.28. The van der Waals surface area contributed by atoms with Crippen molar-refractivity contribution in [2.24, 2.45) is 0 Å². The second-order valence-corrected chi connectivity index (χ2v) is 6.40. The van der Waals surface area contributed by atoms with Gasteiger partial charge in [-0.25, -0.2) is 9.50 Å². The number of anilines is 1. The lowest BCUT2D eigenvalue weighted by molar-refractivity contribution is -0.384. The van der Waals surface area contributed by atoms with Gasteiger partial charge in [-0.05, 0) is 13.0 Å². The van der Waals surface area contributed by atoms with Crippen molar-refractivity contribution in [1.29, 1.82) is 0 Å². The number of hydrogen-bond acceptors (Lipinski definition) is 6. The van der Waals surface area contributed by atoms with Crippen LogP contribution in [0.2, 0.25) is 0 Å². The fourth-order valence-electron chi connectivity index (χ4n) is 2.96. The molecule has 0 bridgehead atoms. The Labute approximate surface area is 164 Å². The predicted molar refractivity (Wildman–Crippen MR) is 106 cm³/mol. The highest BCUT2D eigenvalue weighted by molar-refractivity contribution is 6.03. The van der Waals surface area contributed by atoms with Gasteiger partial charge in [-0.2, -0.15) is 5.10 Å². The molecule has 0 aliphatic rings. The van der Waals surface area contributed by atoms with Crippen LogP contribution in [-0.2, 0) is 0 Å². The van der Waals surface area contributed by atoms with Gasteiger partial charge in [0.1, 0.15) is 5.75 Å². The molecule has 1 amide bonds. The fourth-order valence-corrected chi connectivity index (χ4v) is 2.96. The van der Waals surface area contributed by atoms with Gasteiger partial charge in [0, 0.05) is 29.5 Å². The largest absolute Gasteiger partial charge is 0.508 e. The number of fused-ring (bicyclic) bond motifs is 1. The standard InChI is InChI=1S/C20H15N5O4/c1-12-7-17(13-5-3-2-4-6-13)22-19-11-18(23-24(12)19)20(27)21-14-8-15(25(28)29)10-16(26)9-14/h2-11,26H,1H3,(H,21,27). The molecule has 0 atom stereocenters. The van der Waals surface area contributed by atoms with E-state index >= 15 is 0 Å². The molecule has 0 saturated carbocycles. The van der Waals surface area contributed by atoms with Gasteiger partial charge < -0.3 is 10.4 Å². The highest BCUT2D eigenvalue weighted by Crippen LogP contribution is 2.25. The Morgan fingerprint density at radius 3 is 2.62 bits per heavy atom. The van der Waals surface area contributed by atoms with Gasteiger partial charge in [-0.15, -0.1) is 0 Å². The lowest BCUT2D eigenvalue weighted by Gasteiger charge is -2.04. The number of nitrogens with zero attached hydrogens (tertiary/aromatic N) is 4. The summed E-state index contributed by atoms with van der Waals surface area (Å²) in [6.07, 6.45) is 0. The molecular weight excluding hydrogens is 374 g/mol. The Kier molecular flexibility index (Phi) is 4.40. The van der Waals surface area contributed by atoms with E-state index in [0.29, 0.717) is 5.65 Å². The first-order valence-electron chi connectivity index (χ1n) is 8.63. The number of carbonyl (C=O) groups excluding carboxylic acids is 1. The highest BCUT2D eigenvalue weighted by atomic mass is 16.6. The Bertz CT molecular complexity index is 1250. The van der Waals surface area contributed by atoms with Gasteiger partial charge >= 0.3 is 0 Å². The third-order valence-corrected chi connectivity index (χ3v) is 4.28. The van der Waals surface area contributed by atoms with Crippen molar-refractivity contribution in [3.05, 3.63) is 82.2 Å². The SMILES string of the molecule is Cc1cc(-c2ccccc2)nc2cc(C(=O)Nc3cc(O)cc([N+](=O)[O-])c3)nn12. The number of phenols is 1. The number of phenolic OH excluding ortho intramolecular Hbond substituents is 1. The number of amides is 1. The number of hydrogen-bond donors (Lipinski definition) is 2. The minimum atomic E-state index is -0.654. The zero-order chi connectivity index (χ0) is 20.5. The summed E-state index contributed by atoms with van der Waals surface area (Å²) >= 11 is 0. The van der Waals surface area contributed by atoms with Crippen molar-refractivity contribution in [3.8, 4) is 17.0 Å². The van der Waals surface area contributed by atoms with Gasteiger partial charge in [-0.3, -0.25) is 14.9 Å². The smallest absolute Gasteiger partial charge is 0.276 e. The zero-order valence-electron chi connectivity index (χ0n) is 15.2. The van der Waals surface area contributed by atoms with Crippen LogP contribution in [0.1, 0.15) is 16.2 Å². The number of nitro groups is 1. The molecule has 2 aromatic heterocycles. The molecule has 0 fully saturated rings.